The van der Waals surface area contributed by atoms with Crippen molar-refractivity contribution in [1.29, 1.82) is 0 Å². The van der Waals surface area contributed by atoms with Crippen molar-refractivity contribution in [3.05, 3.63) is 0 Å². The summed E-state index contributed by atoms with van der Waals surface area (Å²) in [6.45, 7) is 5.60. The molecule has 3 unspecified atom stereocenters. The van der Waals surface area contributed by atoms with Crippen LogP contribution < -0.4 is 16.0 Å². The molecular weight excluding hydrogens is 218 g/mol. The van der Waals surface area contributed by atoms with E-state index in [0.29, 0.717) is 12.5 Å². The van der Waals surface area contributed by atoms with Gasteiger partial charge < -0.3 is 20.7 Å². The number of carbonyl (C=O) groups is 1. The smallest absolute Gasteiger partial charge is 0.315 e. The summed E-state index contributed by atoms with van der Waals surface area (Å²) >= 11 is 0. The third kappa shape index (κ3) is 3.85. The van der Waals surface area contributed by atoms with Gasteiger partial charge in [0.15, 0.2) is 0 Å². The van der Waals surface area contributed by atoms with Gasteiger partial charge in [0.2, 0.25) is 0 Å². The molecule has 2 fully saturated rings. The van der Waals surface area contributed by atoms with Crippen LogP contribution >= 0.6 is 0 Å². The van der Waals surface area contributed by atoms with Crippen LogP contribution in [0, 0.1) is 5.92 Å². The second kappa shape index (κ2) is 6.21. The van der Waals surface area contributed by atoms with E-state index >= 15 is 0 Å². The summed E-state index contributed by atoms with van der Waals surface area (Å²) < 4.78 is 5.23. The minimum atomic E-state index is -0.0569. The Hall–Kier alpha value is -0.810. The van der Waals surface area contributed by atoms with Crippen molar-refractivity contribution in [2.75, 3.05) is 26.3 Å². The molecular formula is C12H23N3O2. The monoisotopic (exact) mass is 241 g/mol. The van der Waals surface area contributed by atoms with Crippen molar-refractivity contribution in [3.8, 4) is 0 Å². The average Bonchev–Trinajstić information content (AvgIpc) is 2.82. The molecule has 0 spiro atoms. The predicted molar refractivity (Wildman–Crippen MR) is 65.9 cm³/mol. The molecule has 0 radical (unpaired) electrons. The fourth-order valence-corrected chi connectivity index (χ4v) is 2.51. The lowest BCUT2D eigenvalue weighted by atomic mass is 9.93. The Labute approximate surface area is 103 Å². The van der Waals surface area contributed by atoms with Crippen LogP contribution in [0.4, 0.5) is 4.79 Å². The topological polar surface area (TPSA) is 62.4 Å². The van der Waals surface area contributed by atoms with E-state index < -0.39 is 0 Å². The van der Waals surface area contributed by atoms with E-state index in [1.54, 1.807) is 0 Å². The Morgan fingerprint density at radius 1 is 1.47 bits per heavy atom. The minimum absolute atomic E-state index is 0.0569. The van der Waals surface area contributed by atoms with E-state index in [2.05, 4.69) is 22.9 Å². The summed E-state index contributed by atoms with van der Waals surface area (Å²) in [5.74, 6) is 0.550. The number of ether oxygens (including phenoxy) is 1. The van der Waals surface area contributed by atoms with Crippen LogP contribution in [-0.2, 0) is 4.74 Å². The fourth-order valence-electron chi connectivity index (χ4n) is 2.51. The van der Waals surface area contributed by atoms with Gasteiger partial charge in [-0.3, -0.25) is 0 Å². The Morgan fingerprint density at radius 2 is 2.35 bits per heavy atom. The number of hydrogen-bond donors (Lipinski definition) is 3. The maximum Gasteiger partial charge on any atom is 0.315 e. The first-order chi connectivity index (χ1) is 8.25. The molecule has 2 aliphatic rings. The Balaban J connectivity index is 1.69. The number of nitrogens with one attached hydrogen (secondary N) is 3. The summed E-state index contributed by atoms with van der Waals surface area (Å²) in [6, 6.07) is 0.357. The second-order valence-electron chi connectivity index (χ2n) is 5.07. The predicted octanol–water partition coefficient (Wildman–Crippen LogP) is 0.463. The zero-order valence-electron chi connectivity index (χ0n) is 10.5. The Kier molecular flexibility index (Phi) is 4.62. The molecule has 3 atom stereocenters. The van der Waals surface area contributed by atoms with Crippen LogP contribution in [0.5, 0.6) is 0 Å². The molecule has 2 heterocycles. The minimum Gasteiger partial charge on any atom is -0.379 e. The lowest BCUT2D eigenvalue weighted by Gasteiger charge is -2.29. The largest absolute Gasteiger partial charge is 0.379 e. The molecule has 2 amide bonds. The normalized spacial score (nSPS) is 30.9. The van der Waals surface area contributed by atoms with Gasteiger partial charge in [-0.25, -0.2) is 4.79 Å². The molecule has 2 saturated heterocycles. The summed E-state index contributed by atoms with van der Waals surface area (Å²) in [4.78, 5) is 11.8. The van der Waals surface area contributed by atoms with Crippen LogP contribution in [0.2, 0.25) is 0 Å². The number of hydrogen-bond acceptors (Lipinski definition) is 3. The molecule has 3 N–H and O–H groups in total. The van der Waals surface area contributed by atoms with Gasteiger partial charge in [0.1, 0.15) is 0 Å². The van der Waals surface area contributed by atoms with Gasteiger partial charge in [-0.05, 0) is 45.2 Å². The number of piperidine rings is 1. The highest BCUT2D eigenvalue weighted by molar-refractivity contribution is 5.74. The molecule has 0 saturated carbocycles. The van der Waals surface area contributed by atoms with Gasteiger partial charge in [-0.15, -0.1) is 0 Å². The highest BCUT2D eigenvalue weighted by atomic mass is 16.5. The molecule has 5 nitrogen and oxygen atoms in total. The fraction of sp³-hybridized carbons (Fsp3) is 0.917. The maximum absolute atomic E-state index is 11.8. The van der Waals surface area contributed by atoms with Crippen molar-refractivity contribution in [3.63, 3.8) is 0 Å². The van der Waals surface area contributed by atoms with Gasteiger partial charge in [0.25, 0.3) is 0 Å². The molecule has 2 rings (SSSR count). The number of amides is 2. The lowest BCUT2D eigenvalue weighted by molar-refractivity contribution is 0.187. The SMILES string of the molecule is CC(NC(=O)NC1CCOC1)C1CCCNC1. The quantitative estimate of drug-likeness (QED) is 0.673. The highest BCUT2D eigenvalue weighted by Gasteiger charge is 2.23. The zero-order valence-corrected chi connectivity index (χ0v) is 10.5. The van der Waals surface area contributed by atoms with Gasteiger partial charge in [0, 0.05) is 12.6 Å². The molecule has 0 aliphatic carbocycles. The third-order valence-corrected chi connectivity index (χ3v) is 3.67. The maximum atomic E-state index is 11.8. The lowest BCUT2D eigenvalue weighted by Crippen LogP contribution is -2.50. The van der Waals surface area contributed by atoms with Crippen LogP contribution in [0.15, 0.2) is 0 Å². The van der Waals surface area contributed by atoms with E-state index in [0.717, 1.165) is 26.1 Å². The Bertz CT molecular complexity index is 248. The van der Waals surface area contributed by atoms with E-state index in [1.165, 1.54) is 12.8 Å². The van der Waals surface area contributed by atoms with E-state index in [1.807, 2.05) is 0 Å². The van der Waals surface area contributed by atoms with E-state index in [9.17, 15) is 4.79 Å². The van der Waals surface area contributed by atoms with Crippen molar-refractivity contribution < 1.29 is 9.53 Å². The van der Waals surface area contributed by atoms with Crippen molar-refractivity contribution in [2.24, 2.45) is 5.92 Å². The first-order valence-electron chi connectivity index (χ1n) is 6.61. The second-order valence-corrected chi connectivity index (χ2v) is 5.07. The molecule has 0 aromatic rings. The number of urea groups is 1. The van der Waals surface area contributed by atoms with Crippen LogP contribution in [0.25, 0.3) is 0 Å². The standard InChI is InChI=1S/C12H23N3O2/c1-9(10-3-2-5-13-7-10)14-12(16)15-11-4-6-17-8-11/h9-11,13H,2-8H2,1H3,(H2,14,15,16). The van der Waals surface area contributed by atoms with Gasteiger partial charge >= 0.3 is 6.03 Å². The van der Waals surface area contributed by atoms with Gasteiger partial charge in [-0.2, -0.15) is 0 Å². The summed E-state index contributed by atoms with van der Waals surface area (Å²) in [7, 11) is 0. The molecule has 98 valence electrons. The molecule has 5 heteroatoms. The summed E-state index contributed by atoms with van der Waals surface area (Å²) in [5.41, 5.74) is 0. The molecule has 0 aromatic carbocycles. The summed E-state index contributed by atoms with van der Waals surface area (Å²) in [6.07, 6.45) is 3.32. The molecule has 2 aliphatic heterocycles. The molecule has 17 heavy (non-hydrogen) atoms. The highest BCUT2D eigenvalue weighted by Crippen LogP contribution is 2.14. The molecule has 0 bridgehead atoms. The van der Waals surface area contributed by atoms with Crippen LogP contribution in [0.1, 0.15) is 26.2 Å². The van der Waals surface area contributed by atoms with Crippen molar-refractivity contribution >= 4 is 6.03 Å². The first-order valence-corrected chi connectivity index (χ1v) is 6.61. The van der Waals surface area contributed by atoms with E-state index in [4.69, 9.17) is 4.74 Å². The zero-order chi connectivity index (χ0) is 12.1. The third-order valence-electron chi connectivity index (χ3n) is 3.67. The van der Waals surface area contributed by atoms with Crippen LogP contribution in [-0.4, -0.2) is 44.4 Å². The molecule has 0 aromatic heterocycles. The first kappa shape index (κ1) is 12.6. The van der Waals surface area contributed by atoms with Crippen molar-refractivity contribution in [2.45, 2.75) is 38.3 Å². The average molecular weight is 241 g/mol. The number of carbonyl (C=O) groups excluding carboxylic acids is 1. The van der Waals surface area contributed by atoms with Crippen LogP contribution in [0.3, 0.4) is 0 Å². The number of rotatable bonds is 3. The summed E-state index contributed by atoms with van der Waals surface area (Å²) in [5, 5.41) is 9.35. The Morgan fingerprint density at radius 3 is 3.00 bits per heavy atom. The van der Waals surface area contributed by atoms with Gasteiger partial charge in [-0.1, -0.05) is 0 Å². The van der Waals surface area contributed by atoms with Gasteiger partial charge in [0.05, 0.1) is 12.6 Å². The van der Waals surface area contributed by atoms with Crippen molar-refractivity contribution in [1.82, 2.24) is 16.0 Å². The van der Waals surface area contributed by atoms with E-state index in [-0.39, 0.29) is 18.1 Å².